The van der Waals surface area contributed by atoms with E-state index in [0.29, 0.717) is 25.9 Å². The molecular weight excluding hydrogens is 318 g/mol. The van der Waals surface area contributed by atoms with E-state index in [1.165, 1.54) is 19.3 Å². The van der Waals surface area contributed by atoms with Gasteiger partial charge in [-0.1, -0.05) is 19.3 Å². The van der Waals surface area contributed by atoms with Crippen molar-refractivity contribution in [3.63, 3.8) is 0 Å². The summed E-state index contributed by atoms with van der Waals surface area (Å²) >= 11 is 0. The Balaban J connectivity index is 0.00000264. The summed E-state index contributed by atoms with van der Waals surface area (Å²) < 4.78 is 10.9. The first-order valence-electron chi connectivity index (χ1n) is 8.87. The van der Waals surface area contributed by atoms with Crippen LogP contribution in [-0.2, 0) is 14.3 Å². The van der Waals surface area contributed by atoms with Gasteiger partial charge in [-0.25, -0.2) is 0 Å². The molecule has 0 spiro atoms. The Bertz CT molecular complexity index is 329. The molecule has 1 atom stereocenters. The minimum absolute atomic E-state index is 0. The van der Waals surface area contributed by atoms with Crippen molar-refractivity contribution in [2.24, 2.45) is 5.92 Å². The Labute approximate surface area is 146 Å². The first-order chi connectivity index (χ1) is 10.7. The minimum atomic E-state index is -0.430. The second-order valence-corrected chi connectivity index (χ2v) is 6.57. The molecule has 2 rings (SSSR count). The molecule has 1 N–H and O–H groups in total. The Morgan fingerprint density at radius 2 is 1.83 bits per heavy atom. The van der Waals surface area contributed by atoms with Crippen LogP contribution in [0, 0.1) is 5.92 Å². The van der Waals surface area contributed by atoms with Crippen LogP contribution < -0.4 is 0 Å². The molecular formula is C17H32ClNO4. The Kier molecular flexibility index (Phi) is 10.1. The van der Waals surface area contributed by atoms with Gasteiger partial charge in [0.15, 0.2) is 0 Å². The monoisotopic (exact) mass is 349 g/mol. The standard InChI is InChI=1S/C17H31NO4.ClH/c1-2-21-17(20)14-8-10-18(11-9-14)12-15(19)13-22-16-6-4-3-5-7-16;/h14-16,19H,2-13H2,1H3;1H. The Hall–Kier alpha value is -0.360. The summed E-state index contributed by atoms with van der Waals surface area (Å²) in [6.45, 7) is 5.07. The van der Waals surface area contributed by atoms with Crippen molar-refractivity contribution in [1.82, 2.24) is 4.90 Å². The Morgan fingerprint density at radius 1 is 1.17 bits per heavy atom. The molecule has 1 aliphatic carbocycles. The minimum Gasteiger partial charge on any atom is -0.466 e. The molecule has 0 radical (unpaired) electrons. The lowest BCUT2D eigenvalue weighted by Gasteiger charge is -2.32. The number of halogens is 1. The topological polar surface area (TPSA) is 59.0 Å². The van der Waals surface area contributed by atoms with E-state index in [-0.39, 0.29) is 24.3 Å². The van der Waals surface area contributed by atoms with E-state index in [1.807, 2.05) is 6.92 Å². The molecule has 2 fully saturated rings. The van der Waals surface area contributed by atoms with Gasteiger partial charge in [0.05, 0.1) is 31.3 Å². The lowest BCUT2D eigenvalue weighted by molar-refractivity contribution is -0.149. The highest BCUT2D eigenvalue weighted by atomic mass is 35.5. The van der Waals surface area contributed by atoms with Crippen LogP contribution in [0.3, 0.4) is 0 Å². The quantitative estimate of drug-likeness (QED) is 0.715. The second kappa shape index (κ2) is 11.2. The van der Waals surface area contributed by atoms with E-state index in [2.05, 4.69) is 4.90 Å². The SMILES string of the molecule is CCOC(=O)C1CCN(CC(O)COC2CCCCC2)CC1.Cl. The third kappa shape index (κ3) is 7.38. The number of hydrogen-bond donors (Lipinski definition) is 1. The maximum Gasteiger partial charge on any atom is 0.309 e. The van der Waals surface area contributed by atoms with E-state index in [0.717, 1.165) is 38.8 Å². The number of nitrogens with zero attached hydrogens (tertiary/aromatic N) is 1. The summed E-state index contributed by atoms with van der Waals surface area (Å²) in [6.07, 6.45) is 7.67. The molecule has 1 saturated carbocycles. The normalized spacial score (nSPS) is 22.3. The molecule has 1 aliphatic heterocycles. The molecule has 136 valence electrons. The van der Waals surface area contributed by atoms with Crippen molar-refractivity contribution in [2.75, 3.05) is 32.8 Å². The number of hydrogen-bond acceptors (Lipinski definition) is 5. The van der Waals surface area contributed by atoms with Crippen molar-refractivity contribution < 1.29 is 19.4 Å². The van der Waals surface area contributed by atoms with Crippen LogP contribution in [-0.4, -0.2) is 61.0 Å². The van der Waals surface area contributed by atoms with Crippen LogP contribution in [0.4, 0.5) is 0 Å². The number of aliphatic hydroxyl groups is 1. The van der Waals surface area contributed by atoms with Crippen LogP contribution in [0.15, 0.2) is 0 Å². The highest BCUT2D eigenvalue weighted by Crippen LogP contribution is 2.21. The predicted molar refractivity (Wildman–Crippen MR) is 91.9 cm³/mol. The second-order valence-electron chi connectivity index (χ2n) is 6.57. The van der Waals surface area contributed by atoms with Crippen LogP contribution in [0.1, 0.15) is 51.9 Å². The maximum absolute atomic E-state index is 11.7. The van der Waals surface area contributed by atoms with Crippen molar-refractivity contribution in [2.45, 2.75) is 64.1 Å². The molecule has 0 bridgehead atoms. The van der Waals surface area contributed by atoms with Crippen LogP contribution in [0.2, 0.25) is 0 Å². The summed E-state index contributed by atoms with van der Waals surface area (Å²) in [6, 6.07) is 0. The number of carbonyl (C=O) groups is 1. The van der Waals surface area contributed by atoms with E-state index in [1.54, 1.807) is 0 Å². The maximum atomic E-state index is 11.7. The van der Waals surface area contributed by atoms with Gasteiger partial charge >= 0.3 is 5.97 Å². The molecule has 0 amide bonds. The van der Waals surface area contributed by atoms with Crippen LogP contribution in [0.25, 0.3) is 0 Å². The number of aliphatic hydroxyl groups excluding tert-OH is 1. The lowest BCUT2D eigenvalue weighted by atomic mass is 9.97. The zero-order valence-corrected chi connectivity index (χ0v) is 15.1. The number of likely N-dealkylation sites (tertiary alicyclic amines) is 1. The van der Waals surface area contributed by atoms with Gasteiger partial charge in [0.2, 0.25) is 0 Å². The van der Waals surface area contributed by atoms with Gasteiger partial charge in [-0.05, 0) is 45.7 Å². The fraction of sp³-hybridized carbons (Fsp3) is 0.941. The average molecular weight is 350 g/mol. The number of β-amino-alcohol motifs (C(OH)–C–C–N with tert-alkyl or cyclic N) is 1. The van der Waals surface area contributed by atoms with Crippen molar-refractivity contribution in [3.8, 4) is 0 Å². The highest BCUT2D eigenvalue weighted by molar-refractivity contribution is 5.85. The fourth-order valence-electron chi connectivity index (χ4n) is 3.44. The van der Waals surface area contributed by atoms with Crippen molar-refractivity contribution >= 4 is 18.4 Å². The summed E-state index contributed by atoms with van der Waals surface area (Å²) in [7, 11) is 0. The average Bonchev–Trinajstić information content (AvgIpc) is 2.55. The number of ether oxygens (including phenoxy) is 2. The van der Waals surface area contributed by atoms with E-state index in [4.69, 9.17) is 9.47 Å². The smallest absolute Gasteiger partial charge is 0.309 e. The molecule has 1 saturated heterocycles. The van der Waals surface area contributed by atoms with Gasteiger partial charge in [-0.3, -0.25) is 4.79 Å². The number of piperidine rings is 1. The van der Waals surface area contributed by atoms with Gasteiger partial charge in [-0.2, -0.15) is 0 Å². The van der Waals surface area contributed by atoms with Gasteiger partial charge in [0.1, 0.15) is 0 Å². The number of rotatable bonds is 7. The predicted octanol–water partition coefficient (Wildman–Crippen LogP) is 2.39. The summed E-state index contributed by atoms with van der Waals surface area (Å²) in [5.74, 6) is -0.0323. The highest BCUT2D eigenvalue weighted by Gasteiger charge is 2.27. The third-order valence-corrected chi connectivity index (χ3v) is 4.75. The molecule has 23 heavy (non-hydrogen) atoms. The van der Waals surface area contributed by atoms with E-state index < -0.39 is 6.10 Å². The molecule has 0 aromatic rings. The molecule has 2 aliphatic rings. The largest absolute Gasteiger partial charge is 0.466 e. The first kappa shape index (κ1) is 20.7. The van der Waals surface area contributed by atoms with E-state index >= 15 is 0 Å². The van der Waals surface area contributed by atoms with Gasteiger partial charge in [-0.15, -0.1) is 12.4 Å². The van der Waals surface area contributed by atoms with Gasteiger partial charge < -0.3 is 19.5 Å². The lowest BCUT2D eigenvalue weighted by Crippen LogP contribution is -2.42. The molecule has 6 heteroatoms. The summed E-state index contributed by atoms with van der Waals surface area (Å²) in [5.41, 5.74) is 0. The number of esters is 1. The van der Waals surface area contributed by atoms with E-state index in [9.17, 15) is 9.90 Å². The van der Waals surface area contributed by atoms with Crippen molar-refractivity contribution in [1.29, 1.82) is 0 Å². The van der Waals surface area contributed by atoms with Crippen molar-refractivity contribution in [3.05, 3.63) is 0 Å². The number of carbonyl (C=O) groups excluding carboxylic acids is 1. The molecule has 0 aromatic carbocycles. The summed E-state index contributed by atoms with van der Waals surface area (Å²) in [5, 5.41) is 10.1. The zero-order chi connectivity index (χ0) is 15.8. The molecule has 0 aromatic heterocycles. The fourth-order valence-corrected chi connectivity index (χ4v) is 3.44. The van der Waals surface area contributed by atoms with Crippen LogP contribution in [0.5, 0.6) is 0 Å². The third-order valence-electron chi connectivity index (χ3n) is 4.75. The zero-order valence-electron chi connectivity index (χ0n) is 14.2. The van der Waals surface area contributed by atoms with Gasteiger partial charge in [0, 0.05) is 6.54 Å². The van der Waals surface area contributed by atoms with Gasteiger partial charge in [0.25, 0.3) is 0 Å². The first-order valence-corrected chi connectivity index (χ1v) is 8.87. The van der Waals surface area contributed by atoms with Crippen LogP contribution >= 0.6 is 12.4 Å². The summed E-state index contributed by atoms with van der Waals surface area (Å²) in [4.78, 5) is 13.9. The Morgan fingerprint density at radius 3 is 2.43 bits per heavy atom. The molecule has 5 nitrogen and oxygen atoms in total. The molecule has 1 unspecified atom stereocenters. The molecule has 1 heterocycles.